The van der Waals surface area contributed by atoms with Gasteiger partial charge < -0.3 is 9.84 Å². The van der Waals surface area contributed by atoms with E-state index in [-0.39, 0.29) is 12.2 Å². The predicted molar refractivity (Wildman–Crippen MR) is 43.0 cm³/mol. The van der Waals surface area contributed by atoms with E-state index < -0.39 is 5.60 Å². The van der Waals surface area contributed by atoms with Gasteiger partial charge >= 0.3 is 0 Å². The van der Waals surface area contributed by atoms with Gasteiger partial charge in [0.25, 0.3) is 0 Å². The highest BCUT2D eigenvalue weighted by Crippen LogP contribution is 2.27. The number of terminal acetylenes is 1. The first-order valence-electron chi connectivity index (χ1n) is 3.91. The summed E-state index contributed by atoms with van der Waals surface area (Å²) in [6.07, 6.45) is 6.44. The Morgan fingerprint density at radius 3 is 2.27 bits per heavy atom. The Kier molecular flexibility index (Phi) is 2.22. The Morgan fingerprint density at radius 1 is 1.45 bits per heavy atom. The average Bonchev–Trinajstić information content (AvgIpc) is 1.84. The second-order valence-electron chi connectivity index (χ2n) is 3.34. The first-order valence-corrected chi connectivity index (χ1v) is 3.91. The molecule has 1 saturated heterocycles. The lowest BCUT2D eigenvalue weighted by Crippen LogP contribution is -2.42. The van der Waals surface area contributed by atoms with Crippen molar-refractivity contribution in [2.24, 2.45) is 0 Å². The van der Waals surface area contributed by atoms with Gasteiger partial charge in [0.15, 0.2) is 0 Å². The van der Waals surface area contributed by atoms with Crippen LogP contribution in [0.3, 0.4) is 0 Å². The number of hydrogen-bond acceptors (Lipinski definition) is 2. The van der Waals surface area contributed by atoms with Crippen LogP contribution in [0.25, 0.3) is 0 Å². The monoisotopic (exact) mass is 154 g/mol. The van der Waals surface area contributed by atoms with Crippen molar-refractivity contribution in [2.45, 2.75) is 44.5 Å². The van der Waals surface area contributed by atoms with E-state index in [9.17, 15) is 5.11 Å². The van der Waals surface area contributed by atoms with E-state index in [1.54, 1.807) is 0 Å². The third kappa shape index (κ3) is 1.95. The Balaban J connectivity index is 2.64. The molecule has 0 aromatic rings. The highest BCUT2D eigenvalue weighted by molar-refractivity contribution is 5.10. The van der Waals surface area contributed by atoms with Crippen molar-refractivity contribution >= 4 is 0 Å². The lowest BCUT2D eigenvalue weighted by Gasteiger charge is -2.35. The number of aliphatic hydroxyl groups is 1. The lowest BCUT2D eigenvalue weighted by atomic mass is 9.89. The Morgan fingerprint density at radius 2 is 1.91 bits per heavy atom. The number of ether oxygens (including phenoxy) is 1. The highest BCUT2D eigenvalue weighted by atomic mass is 16.5. The quantitative estimate of drug-likeness (QED) is 0.526. The van der Waals surface area contributed by atoms with E-state index in [0.29, 0.717) is 12.8 Å². The topological polar surface area (TPSA) is 29.5 Å². The molecule has 0 amide bonds. The van der Waals surface area contributed by atoms with E-state index in [4.69, 9.17) is 11.2 Å². The molecule has 1 aliphatic rings. The third-order valence-corrected chi connectivity index (χ3v) is 1.98. The molecule has 1 rings (SSSR count). The summed E-state index contributed by atoms with van der Waals surface area (Å²) in [5.41, 5.74) is -0.933. The van der Waals surface area contributed by atoms with Gasteiger partial charge in [-0.1, -0.05) is 5.92 Å². The van der Waals surface area contributed by atoms with Crippen molar-refractivity contribution in [3.8, 4) is 12.3 Å². The average molecular weight is 154 g/mol. The highest BCUT2D eigenvalue weighted by Gasteiger charge is 2.34. The molecule has 0 spiro atoms. The van der Waals surface area contributed by atoms with Crippen LogP contribution in [0, 0.1) is 12.3 Å². The number of rotatable bonds is 0. The molecule has 11 heavy (non-hydrogen) atoms. The van der Waals surface area contributed by atoms with Crippen LogP contribution in [-0.4, -0.2) is 22.9 Å². The van der Waals surface area contributed by atoms with E-state index in [0.717, 1.165) is 0 Å². The minimum atomic E-state index is -0.933. The van der Waals surface area contributed by atoms with Crippen molar-refractivity contribution in [1.82, 2.24) is 0 Å². The normalized spacial score (nSPS) is 44.9. The molecule has 0 unspecified atom stereocenters. The van der Waals surface area contributed by atoms with Crippen LogP contribution < -0.4 is 0 Å². The molecule has 0 saturated carbocycles. The minimum Gasteiger partial charge on any atom is -0.377 e. The molecule has 0 radical (unpaired) electrons. The molecule has 0 aliphatic carbocycles. The van der Waals surface area contributed by atoms with E-state index in [1.165, 1.54) is 0 Å². The molecule has 0 aromatic carbocycles. The van der Waals surface area contributed by atoms with Gasteiger partial charge in [0.2, 0.25) is 0 Å². The number of hydrogen-bond donors (Lipinski definition) is 1. The molecule has 0 aromatic heterocycles. The van der Waals surface area contributed by atoms with Gasteiger partial charge in [0.1, 0.15) is 5.60 Å². The van der Waals surface area contributed by atoms with Crippen LogP contribution in [0.15, 0.2) is 0 Å². The van der Waals surface area contributed by atoms with Crippen LogP contribution in [-0.2, 0) is 4.74 Å². The Hall–Kier alpha value is -0.520. The second kappa shape index (κ2) is 2.84. The summed E-state index contributed by atoms with van der Waals surface area (Å²) < 4.78 is 5.43. The van der Waals surface area contributed by atoms with Gasteiger partial charge in [0.05, 0.1) is 12.2 Å². The fraction of sp³-hybridized carbons (Fsp3) is 0.778. The van der Waals surface area contributed by atoms with Crippen molar-refractivity contribution < 1.29 is 9.84 Å². The van der Waals surface area contributed by atoms with Crippen molar-refractivity contribution in [2.75, 3.05) is 0 Å². The molecule has 1 N–H and O–H groups in total. The Bertz CT molecular complexity index is 170. The molecule has 1 heterocycles. The van der Waals surface area contributed by atoms with E-state index in [2.05, 4.69) is 5.92 Å². The summed E-state index contributed by atoms with van der Waals surface area (Å²) in [5, 5.41) is 9.70. The van der Waals surface area contributed by atoms with Crippen LogP contribution >= 0.6 is 0 Å². The Labute approximate surface area is 67.6 Å². The third-order valence-electron chi connectivity index (χ3n) is 1.98. The molecule has 0 bridgehead atoms. The predicted octanol–water partition coefficient (Wildman–Crippen LogP) is 0.938. The molecule has 2 heteroatoms. The molecule has 2 atom stereocenters. The minimum absolute atomic E-state index is 0.0693. The SMILES string of the molecule is C#CC1(O)C[C@H](C)O[C@@H](C)C1. The van der Waals surface area contributed by atoms with Crippen LogP contribution in [0.1, 0.15) is 26.7 Å². The van der Waals surface area contributed by atoms with Crippen molar-refractivity contribution in [3.63, 3.8) is 0 Å². The molecule has 1 aliphatic heterocycles. The zero-order chi connectivity index (χ0) is 8.48. The van der Waals surface area contributed by atoms with E-state index in [1.807, 2.05) is 13.8 Å². The first kappa shape index (κ1) is 8.58. The van der Waals surface area contributed by atoms with Gasteiger partial charge in [-0.25, -0.2) is 0 Å². The smallest absolute Gasteiger partial charge is 0.130 e. The second-order valence-corrected chi connectivity index (χ2v) is 3.34. The maximum atomic E-state index is 9.70. The maximum absolute atomic E-state index is 9.70. The molecule has 2 nitrogen and oxygen atoms in total. The van der Waals surface area contributed by atoms with Crippen LogP contribution in [0.2, 0.25) is 0 Å². The largest absolute Gasteiger partial charge is 0.377 e. The van der Waals surface area contributed by atoms with Gasteiger partial charge in [-0.3, -0.25) is 0 Å². The summed E-state index contributed by atoms with van der Waals surface area (Å²) in [6.45, 7) is 3.86. The van der Waals surface area contributed by atoms with Crippen LogP contribution in [0.4, 0.5) is 0 Å². The molecular formula is C9H14O2. The molecular weight excluding hydrogens is 140 g/mol. The zero-order valence-electron chi connectivity index (χ0n) is 7.00. The summed E-state index contributed by atoms with van der Waals surface area (Å²) in [6, 6.07) is 0. The van der Waals surface area contributed by atoms with Gasteiger partial charge in [-0.15, -0.1) is 6.42 Å². The van der Waals surface area contributed by atoms with Gasteiger partial charge in [0, 0.05) is 12.8 Å². The summed E-state index contributed by atoms with van der Waals surface area (Å²) in [5.74, 6) is 2.42. The van der Waals surface area contributed by atoms with Crippen LogP contribution in [0.5, 0.6) is 0 Å². The van der Waals surface area contributed by atoms with Crippen molar-refractivity contribution in [3.05, 3.63) is 0 Å². The maximum Gasteiger partial charge on any atom is 0.130 e. The lowest BCUT2D eigenvalue weighted by molar-refractivity contribution is -0.106. The molecule has 62 valence electrons. The fourth-order valence-corrected chi connectivity index (χ4v) is 1.65. The molecule has 1 fully saturated rings. The van der Waals surface area contributed by atoms with Crippen molar-refractivity contribution in [1.29, 1.82) is 0 Å². The zero-order valence-corrected chi connectivity index (χ0v) is 7.00. The summed E-state index contributed by atoms with van der Waals surface area (Å²) in [7, 11) is 0. The van der Waals surface area contributed by atoms with E-state index >= 15 is 0 Å². The standard InChI is InChI=1S/C9H14O2/c1-4-9(10)5-7(2)11-8(3)6-9/h1,7-8,10H,5-6H2,2-3H3/t7-,8-/m0/s1. The summed E-state index contributed by atoms with van der Waals surface area (Å²) in [4.78, 5) is 0. The first-order chi connectivity index (χ1) is 5.06. The van der Waals surface area contributed by atoms with Gasteiger partial charge in [-0.05, 0) is 13.8 Å². The fourth-order valence-electron chi connectivity index (χ4n) is 1.65. The summed E-state index contributed by atoms with van der Waals surface area (Å²) >= 11 is 0. The van der Waals surface area contributed by atoms with Gasteiger partial charge in [-0.2, -0.15) is 0 Å².